The molecule has 28 heavy (non-hydrogen) atoms. The van der Waals surface area contributed by atoms with E-state index >= 15 is 0 Å². The van der Waals surface area contributed by atoms with Crippen LogP contribution in [0.4, 0.5) is 0 Å². The molecule has 0 bridgehead atoms. The second-order valence-corrected chi connectivity index (χ2v) is 10.1. The van der Waals surface area contributed by atoms with Crippen LogP contribution in [0.15, 0.2) is 11.6 Å². The molecule has 0 aromatic rings. The topological polar surface area (TPSA) is 69.7 Å². The molecule has 4 aliphatic carbocycles. The molecule has 0 heterocycles. The van der Waals surface area contributed by atoms with E-state index in [1.807, 2.05) is 6.08 Å². The summed E-state index contributed by atoms with van der Waals surface area (Å²) in [4.78, 5) is 36.7. The number of allylic oxidation sites excluding steroid dienone is 1. The Morgan fingerprint density at radius 2 is 1.64 bits per heavy atom. The van der Waals surface area contributed by atoms with Crippen molar-refractivity contribution in [3.63, 3.8) is 0 Å². The summed E-state index contributed by atoms with van der Waals surface area (Å²) in [5.41, 5.74) is 1.22. The van der Waals surface area contributed by atoms with E-state index < -0.39 is 17.7 Å². The molecule has 0 aromatic carbocycles. The van der Waals surface area contributed by atoms with Gasteiger partial charge in [-0.15, -0.1) is 0 Å². The first-order valence-corrected chi connectivity index (χ1v) is 10.7. The summed E-state index contributed by atoms with van der Waals surface area (Å²) in [7, 11) is 0. The Morgan fingerprint density at radius 3 is 2.29 bits per heavy atom. The molecule has 5 atom stereocenters. The molecule has 3 saturated carbocycles. The highest BCUT2D eigenvalue weighted by atomic mass is 16.7. The highest BCUT2D eigenvalue weighted by molar-refractivity contribution is 5.94. The molecule has 0 saturated heterocycles. The average Bonchev–Trinajstić information content (AvgIpc) is 2.97. The lowest BCUT2D eigenvalue weighted by Gasteiger charge is -2.57. The van der Waals surface area contributed by atoms with Crippen molar-refractivity contribution >= 4 is 17.7 Å². The van der Waals surface area contributed by atoms with E-state index in [-0.39, 0.29) is 17.1 Å². The molecule has 0 spiro atoms. The molecule has 3 fully saturated rings. The Bertz CT molecular complexity index is 736. The quantitative estimate of drug-likeness (QED) is 0.520. The number of ketones is 1. The number of carbonyl (C=O) groups excluding carboxylic acids is 3. The number of carbonyl (C=O) groups is 3. The lowest BCUT2D eigenvalue weighted by Crippen LogP contribution is -2.55. The Morgan fingerprint density at radius 1 is 0.964 bits per heavy atom. The van der Waals surface area contributed by atoms with E-state index in [0.29, 0.717) is 30.1 Å². The minimum absolute atomic E-state index is 0.0910. The molecule has 0 unspecified atom stereocenters. The third-order valence-corrected chi connectivity index (χ3v) is 8.39. The minimum atomic E-state index is -1.27. The molecule has 154 valence electrons. The van der Waals surface area contributed by atoms with Gasteiger partial charge in [0, 0.05) is 32.6 Å². The Kier molecular flexibility index (Phi) is 4.51. The highest BCUT2D eigenvalue weighted by Crippen LogP contribution is 2.65. The van der Waals surface area contributed by atoms with E-state index in [2.05, 4.69) is 13.8 Å². The first kappa shape index (κ1) is 19.7. The second kappa shape index (κ2) is 6.43. The molecule has 0 aromatic heterocycles. The Labute approximate surface area is 167 Å². The summed E-state index contributed by atoms with van der Waals surface area (Å²) in [6.07, 6.45) is 9.26. The van der Waals surface area contributed by atoms with E-state index in [9.17, 15) is 14.4 Å². The van der Waals surface area contributed by atoms with E-state index in [1.54, 1.807) is 0 Å². The highest BCUT2D eigenvalue weighted by Gasteiger charge is 2.60. The predicted octanol–water partition coefficient (Wildman–Crippen LogP) is 4.34. The molecule has 5 nitrogen and oxygen atoms in total. The zero-order valence-corrected chi connectivity index (χ0v) is 17.5. The van der Waals surface area contributed by atoms with Crippen molar-refractivity contribution in [3.8, 4) is 0 Å². The van der Waals surface area contributed by atoms with Gasteiger partial charge in [0.05, 0.1) is 0 Å². The molecule has 0 aliphatic heterocycles. The van der Waals surface area contributed by atoms with Gasteiger partial charge in [-0.1, -0.05) is 25.8 Å². The molecule has 0 amide bonds. The first-order chi connectivity index (χ1) is 13.1. The lowest BCUT2D eigenvalue weighted by molar-refractivity contribution is -0.237. The molecule has 4 aliphatic rings. The minimum Gasteiger partial charge on any atom is -0.422 e. The molecular weight excluding hydrogens is 356 g/mol. The number of esters is 2. The third kappa shape index (κ3) is 2.93. The number of hydrogen-bond acceptors (Lipinski definition) is 5. The van der Waals surface area contributed by atoms with Crippen LogP contribution in [0.1, 0.15) is 79.1 Å². The van der Waals surface area contributed by atoms with Crippen LogP contribution in [-0.4, -0.2) is 23.5 Å². The standard InChI is InChI=1S/C23H32O5/c1-14(24)27-23(28-15(2)25)11-10-22(4)16(13-23)12-19(26)20-17-6-5-8-21(17,3)9-7-18(20)22/h12,17-18,20H,5-11,13H2,1-4H3/t17-,18-,20-,21-,22-/m0/s1. The predicted molar refractivity (Wildman–Crippen MR) is 103 cm³/mol. The maximum Gasteiger partial charge on any atom is 0.305 e. The van der Waals surface area contributed by atoms with Crippen LogP contribution in [-0.2, 0) is 23.9 Å². The van der Waals surface area contributed by atoms with Gasteiger partial charge < -0.3 is 9.47 Å². The maximum absolute atomic E-state index is 13.3. The monoisotopic (exact) mass is 388 g/mol. The fourth-order valence-electron chi connectivity index (χ4n) is 7.06. The van der Waals surface area contributed by atoms with Crippen LogP contribution >= 0.6 is 0 Å². The fourth-order valence-corrected chi connectivity index (χ4v) is 7.06. The van der Waals surface area contributed by atoms with E-state index in [0.717, 1.165) is 24.8 Å². The zero-order valence-electron chi connectivity index (χ0n) is 17.5. The SMILES string of the molecule is CC(=O)OC1(OC(C)=O)CC[C@@]2(C)C(=CC(=O)[C@H]3[C@@H]4CCC[C@@]4(C)CC[C@@H]32)C1. The van der Waals surface area contributed by atoms with Gasteiger partial charge in [-0.05, 0) is 60.8 Å². The Hall–Kier alpha value is -1.65. The van der Waals surface area contributed by atoms with Crippen LogP contribution in [0.3, 0.4) is 0 Å². The van der Waals surface area contributed by atoms with E-state index in [4.69, 9.17) is 9.47 Å². The van der Waals surface area contributed by atoms with Crippen molar-refractivity contribution in [1.82, 2.24) is 0 Å². The summed E-state index contributed by atoms with van der Waals surface area (Å²) < 4.78 is 11.0. The molecule has 0 radical (unpaired) electrons. The van der Waals surface area contributed by atoms with Gasteiger partial charge in [0.15, 0.2) is 5.78 Å². The van der Waals surface area contributed by atoms with Crippen LogP contribution in [0.25, 0.3) is 0 Å². The van der Waals surface area contributed by atoms with Gasteiger partial charge >= 0.3 is 11.9 Å². The fraction of sp³-hybridized carbons (Fsp3) is 0.783. The Balaban J connectivity index is 1.69. The summed E-state index contributed by atoms with van der Waals surface area (Å²) in [6, 6.07) is 0. The first-order valence-electron chi connectivity index (χ1n) is 10.7. The zero-order chi connectivity index (χ0) is 20.3. The van der Waals surface area contributed by atoms with Gasteiger partial charge in [0.25, 0.3) is 5.79 Å². The van der Waals surface area contributed by atoms with Crippen LogP contribution in [0.5, 0.6) is 0 Å². The summed E-state index contributed by atoms with van der Waals surface area (Å²) in [5, 5.41) is 0. The lowest BCUT2D eigenvalue weighted by atomic mass is 9.47. The molecule has 0 N–H and O–H groups in total. The molecular formula is C23H32O5. The van der Waals surface area contributed by atoms with Crippen molar-refractivity contribution < 1.29 is 23.9 Å². The molecule has 4 rings (SSSR count). The average molecular weight is 389 g/mol. The van der Waals surface area contributed by atoms with Crippen LogP contribution < -0.4 is 0 Å². The number of rotatable bonds is 2. The van der Waals surface area contributed by atoms with E-state index in [1.165, 1.54) is 33.1 Å². The van der Waals surface area contributed by atoms with Crippen molar-refractivity contribution in [2.24, 2.45) is 28.6 Å². The number of hydrogen-bond donors (Lipinski definition) is 0. The number of ether oxygens (including phenoxy) is 2. The summed E-state index contributed by atoms with van der Waals surface area (Å²) >= 11 is 0. The number of fused-ring (bicyclic) bond motifs is 5. The normalized spacial score (nSPS) is 41.2. The summed E-state index contributed by atoms with van der Waals surface area (Å²) in [6.45, 7) is 7.31. The van der Waals surface area contributed by atoms with Gasteiger partial charge in [0.1, 0.15) is 0 Å². The van der Waals surface area contributed by atoms with Crippen molar-refractivity contribution in [2.75, 3.05) is 0 Å². The maximum atomic E-state index is 13.3. The second-order valence-electron chi connectivity index (χ2n) is 10.1. The molecule has 5 heteroatoms. The van der Waals surface area contributed by atoms with Crippen molar-refractivity contribution in [2.45, 2.75) is 84.8 Å². The van der Waals surface area contributed by atoms with Crippen molar-refractivity contribution in [1.29, 1.82) is 0 Å². The smallest absolute Gasteiger partial charge is 0.305 e. The van der Waals surface area contributed by atoms with Gasteiger partial charge in [-0.2, -0.15) is 0 Å². The van der Waals surface area contributed by atoms with Crippen LogP contribution in [0, 0.1) is 28.6 Å². The van der Waals surface area contributed by atoms with Crippen LogP contribution in [0.2, 0.25) is 0 Å². The van der Waals surface area contributed by atoms with Crippen molar-refractivity contribution in [3.05, 3.63) is 11.6 Å². The largest absolute Gasteiger partial charge is 0.422 e. The van der Waals surface area contributed by atoms with Gasteiger partial charge in [0.2, 0.25) is 0 Å². The summed E-state index contributed by atoms with van der Waals surface area (Å²) in [5.74, 6) is -1.03. The van der Waals surface area contributed by atoms with Gasteiger partial charge in [-0.25, -0.2) is 0 Å². The third-order valence-electron chi connectivity index (χ3n) is 8.39. The van der Waals surface area contributed by atoms with Gasteiger partial charge in [-0.3, -0.25) is 14.4 Å².